The first-order valence-electron chi connectivity index (χ1n) is 6.95. The third kappa shape index (κ3) is 6.10. The van der Waals surface area contributed by atoms with Gasteiger partial charge >= 0.3 is 6.18 Å². The number of amides is 1. The van der Waals surface area contributed by atoms with E-state index in [-0.39, 0.29) is 37.7 Å². The van der Waals surface area contributed by atoms with Crippen LogP contribution in [0.5, 0.6) is 0 Å². The zero-order valence-corrected chi connectivity index (χ0v) is 14.2. The lowest BCUT2D eigenvalue weighted by Gasteiger charge is -2.11. The van der Waals surface area contributed by atoms with Crippen LogP contribution in [-0.2, 0) is 17.4 Å². The molecule has 0 saturated heterocycles. The number of nitrogens with one attached hydrogen (secondary N) is 1. The summed E-state index contributed by atoms with van der Waals surface area (Å²) in [4.78, 5) is 15.3. The minimum absolute atomic E-state index is 0. The van der Waals surface area contributed by atoms with Crippen molar-refractivity contribution in [1.29, 1.82) is 0 Å². The summed E-state index contributed by atoms with van der Waals surface area (Å²) in [6, 6.07) is 8.81. The Bertz CT molecular complexity index is 649. The average Bonchev–Trinajstić information content (AvgIpc) is 2.97. The second kappa shape index (κ2) is 9.00. The van der Waals surface area contributed by atoms with E-state index in [9.17, 15) is 18.0 Å². The molecule has 0 aliphatic heterocycles. The Hall–Kier alpha value is -1.64. The molecule has 24 heavy (non-hydrogen) atoms. The van der Waals surface area contributed by atoms with Crippen molar-refractivity contribution in [3.05, 3.63) is 52.0 Å². The minimum Gasteiger partial charge on any atom is -0.356 e. The van der Waals surface area contributed by atoms with Gasteiger partial charge in [0.05, 0.1) is 5.01 Å². The number of thiazole rings is 1. The smallest absolute Gasteiger partial charge is 0.356 e. The Morgan fingerprint density at radius 1 is 1.29 bits per heavy atom. The lowest BCUT2D eigenvalue weighted by Crippen LogP contribution is -2.29. The molecular formula is C15H17ClF3N3OS. The number of hydrogen-bond acceptors (Lipinski definition) is 4. The maximum Gasteiger partial charge on any atom is 0.434 e. The van der Waals surface area contributed by atoms with Gasteiger partial charge in [-0.25, -0.2) is 4.98 Å². The van der Waals surface area contributed by atoms with Crippen molar-refractivity contribution in [2.45, 2.75) is 25.1 Å². The fraction of sp³-hybridized carbons (Fsp3) is 0.333. The highest BCUT2D eigenvalue weighted by Gasteiger charge is 2.33. The lowest BCUT2D eigenvalue weighted by atomic mass is 10.0. The minimum atomic E-state index is -4.43. The van der Waals surface area contributed by atoms with E-state index in [2.05, 4.69) is 10.3 Å². The van der Waals surface area contributed by atoms with Crippen LogP contribution in [0.4, 0.5) is 13.2 Å². The number of carbonyl (C=O) groups excluding carboxylic acids is 1. The summed E-state index contributed by atoms with van der Waals surface area (Å²) in [7, 11) is 0. The first-order valence-corrected chi connectivity index (χ1v) is 7.83. The highest BCUT2D eigenvalue weighted by atomic mass is 35.5. The van der Waals surface area contributed by atoms with Gasteiger partial charge in [0.25, 0.3) is 0 Å². The molecule has 0 aliphatic carbocycles. The summed E-state index contributed by atoms with van der Waals surface area (Å²) in [5.74, 6) is -0.242. The highest BCUT2D eigenvalue weighted by Crippen LogP contribution is 2.30. The van der Waals surface area contributed by atoms with Gasteiger partial charge in [0.2, 0.25) is 5.91 Å². The molecule has 1 unspecified atom stereocenters. The zero-order valence-electron chi connectivity index (χ0n) is 12.5. The van der Waals surface area contributed by atoms with E-state index < -0.39 is 17.9 Å². The molecule has 0 fully saturated rings. The van der Waals surface area contributed by atoms with E-state index in [1.54, 1.807) is 0 Å². The number of rotatable bonds is 6. The first kappa shape index (κ1) is 20.4. The van der Waals surface area contributed by atoms with Gasteiger partial charge in [-0.05, 0) is 5.56 Å². The summed E-state index contributed by atoms with van der Waals surface area (Å²) in [5.41, 5.74) is 5.90. The second-order valence-electron chi connectivity index (χ2n) is 4.95. The Labute approximate surface area is 147 Å². The summed E-state index contributed by atoms with van der Waals surface area (Å²) >= 11 is 0.932. The van der Waals surface area contributed by atoms with Crippen LogP contribution in [0.1, 0.15) is 28.7 Å². The van der Waals surface area contributed by atoms with Crippen LogP contribution in [0.2, 0.25) is 0 Å². The van der Waals surface area contributed by atoms with Crippen molar-refractivity contribution < 1.29 is 18.0 Å². The van der Waals surface area contributed by atoms with Gasteiger partial charge in [0, 0.05) is 30.8 Å². The summed E-state index contributed by atoms with van der Waals surface area (Å²) < 4.78 is 37.3. The number of nitrogens with zero attached hydrogens (tertiary/aromatic N) is 1. The lowest BCUT2D eigenvalue weighted by molar-refractivity contribution is -0.140. The topological polar surface area (TPSA) is 68.0 Å². The van der Waals surface area contributed by atoms with Gasteiger partial charge in [0.1, 0.15) is 0 Å². The number of benzene rings is 1. The molecule has 3 N–H and O–H groups in total. The molecule has 9 heteroatoms. The number of carbonyl (C=O) groups is 1. The van der Waals surface area contributed by atoms with E-state index in [1.165, 1.54) is 0 Å². The van der Waals surface area contributed by atoms with E-state index in [1.807, 2.05) is 30.3 Å². The normalized spacial score (nSPS) is 12.3. The van der Waals surface area contributed by atoms with Gasteiger partial charge in [0.15, 0.2) is 5.69 Å². The molecule has 0 spiro atoms. The average molecular weight is 380 g/mol. The van der Waals surface area contributed by atoms with E-state index in [0.29, 0.717) is 5.01 Å². The van der Waals surface area contributed by atoms with Crippen molar-refractivity contribution in [2.75, 3.05) is 6.54 Å². The maximum absolute atomic E-state index is 12.4. The first-order chi connectivity index (χ1) is 10.9. The van der Waals surface area contributed by atoms with Crippen LogP contribution in [0, 0.1) is 0 Å². The molecule has 0 saturated carbocycles. The van der Waals surface area contributed by atoms with E-state index in [0.717, 1.165) is 22.3 Å². The standard InChI is InChI=1S/C15H16F3N3OS.ClH/c16-15(17,18)12-9-23-14(21-12)6-7-20-13(22)8-11(19)10-4-2-1-3-5-10;/h1-5,9,11H,6-8,19H2,(H,20,22);1H. The Balaban J connectivity index is 0.00000288. The van der Waals surface area contributed by atoms with Crippen molar-refractivity contribution in [1.82, 2.24) is 10.3 Å². The Morgan fingerprint density at radius 3 is 2.54 bits per heavy atom. The van der Waals surface area contributed by atoms with Crippen LogP contribution in [0.15, 0.2) is 35.7 Å². The van der Waals surface area contributed by atoms with Gasteiger partial charge in [-0.2, -0.15) is 13.2 Å². The molecule has 1 heterocycles. The summed E-state index contributed by atoms with van der Waals surface area (Å²) in [6.45, 7) is 0.227. The van der Waals surface area contributed by atoms with Gasteiger partial charge in [-0.15, -0.1) is 23.7 Å². The van der Waals surface area contributed by atoms with Crippen molar-refractivity contribution in [3.8, 4) is 0 Å². The summed E-state index contributed by atoms with van der Waals surface area (Å²) in [6.07, 6.45) is -4.05. The molecule has 0 radical (unpaired) electrons. The van der Waals surface area contributed by atoms with Crippen LogP contribution in [-0.4, -0.2) is 17.4 Å². The molecule has 2 aromatic rings. The number of nitrogens with two attached hydrogens (primary N) is 1. The monoisotopic (exact) mass is 379 g/mol. The quantitative estimate of drug-likeness (QED) is 0.808. The third-order valence-corrected chi connectivity index (χ3v) is 4.04. The largest absolute Gasteiger partial charge is 0.434 e. The predicted molar refractivity (Wildman–Crippen MR) is 89.1 cm³/mol. The number of hydrogen-bond donors (Lipinski definition) is 2. The number of aromatic nitrogens is 1. The van der Waals surface area contributed by atoms with Crippen LogP contribution < -0.4 is 11.1 Å². The van der Waals surface area contributed by atoms with E-state index in [4.69, 9.17) is 5.73 Å². The van der Waals surface area contributed by atoms with Crippen LogP contribution in [0.3, 0.4) is 0 Å². The van der Waals surface area contributed by atoms with Gasteiger partial charge < -0.3 is 11.1 Å². The molecule has 1 aromatic heterocycles. The maximum atomic E-state index is 12.4. The highest BCUT2D eigenvalue weighted by molar-refractivity contribution is 7.09. The van der Waals surface area contributed by atoms with Gasteiger partial charge in [-0.3, -0.25) is 4.79 Å². The predicted octanol–water partition coefficient (Wildman–Crippen LogP) is 3.33. The molecule has 132 valence electrons. The zero-order chi connectivity index (χ0) is 16.9. The fourth-order valence-corrected chi connectivity index (χ4v) is 2.76. The van der Waals surface area contributed by atoms with Crippen LogP contribution in [0.25, 0.3) is 0 Å². The Morgan fingerprint density at radius 2 is 1.96 bits per heavy atom. The van der Waals surface area contributed by atoms with Crippen molar-refractivity contribution >= 4 is 29.7 Å². The molecular weight excluding hydrogens is 363 g/mol. The SMILES string of the molecule is Cl.NC(CC(=O)NCCc1nc(C(F)(F)F)cs1)c1ccccc1. The third-order valence-electron chi connectivity index (χ3n) is 3.14. The number of alkyl halides is 3. The van der Waals surface area contributed by atoms with E-state index >= 15 is 0 Å². The molecule has 2 rings (SSSR count). The second-order valence-corrected chi connectivity index (χ2v) is 5.89. The Kier molecular flexibility index (Phi) is 7.65. The molecule has 1 aromatic carbocycles. The van der Waals surface area contributed by atoms with Gasteiger partial charge in [-0.1, -0.05) is 30.3 Å². The molecule has 1 atom stereocenters. The summed E-state index contributed by atoms with van der Waals surface area (Å²) in [5, 5.41) is 3.96. The number of halogens is 4. The molecule has 0 bridgehead atoms. The molecule has 0 aliphatic rings. The van der Waals surface area contributed by atoms with Crippen molar-refractivity contribution in [2.24, 2.45) is 5.73 Å². The molecule has 1 amide bonds. The molecule has 4 nitrogen and oxygen atoms in total. The van der Waals surface area contributed by atoms with Crippen molar-refractivity contribution in [3.63, 3.8) is 0 Å². The fourth-order valence-electron chi connectivity index (χ4n) is 1.95. The van der Waals surface area contributed by atoms with Crippen LogP contribution >= 0.6 is 23.7 Å².